The highest BCUT2D eigenvalue weighted by Gasteiger charge is 2.17. The van der Waals surface area contributed by atoms with Crippen LogP contribution in [-0.2, 0) is 0 Å². The van der Waals surface area contributed by atoms with Crippen LogP contribution in [0.25, 0.3) is 0 Å². The maximum atomic E-state index is 12.7. The predicted octanol–water partition coefficient (Wildman–Crippen LogP) is 5.09. The van der Waals surface area contributed by atoms with Gasteiger partial charge in [-0.3, -0.25) is 20.2 Å². The van der Waals surface area contributed by atoms with E-state index in [2.05, 4.69) is 5.32 Å². The number of nitro benzene ring substituents is 1. The highest BCUT2D eigenvalue weighted by Crippen LogP contribution is 2.24. The van der Waals surface area contributed by atoms with Crippen molar-refractivity contribution < 1.29 is 19.2 Å². The number of nitro groups is 1. The van der Waals surface area contributed by atoms with E-state index in [1.165, 1.54) is 42.5 Å². The third-order valence-corrected chi connectivity index (χ3v) is 3.99. The molecule has 0 saturated heterocycles. The van der Waals surface area contributed by atoms with Gasteiger partial charge in [0.15, 0.2) is 5.78 Å². The summed E-state index contributed by atoms with van der Waals surface area (Å²) < 4.78 is 5.11. The van der Waals surface area contributed by atoms with Crippen molar-refractivity contribution in [3.8, 4) is 5.75 Å². The Morgan fingerprint density at radius 2 is 1.64 bits per heavy atom. The third-order valence-electron chi connectivity index (χ3n) is 3.76. The average Bonchev–Trinajstić information content (AvgIpc) is 2.70. The number of nitrogens with zero attached hydrogens (tertiary/aromatic N) is 1. The van der Waals surface area contributed by atoms with E-state index in [9.17, 15) is 19.7 Å². The Morgan fingerprint density at radius 3 is 2.29 bits per heavy atom. The lowest BCUT2D eigenvalue weighted by atomic mass is 10.0. The summed E-state index contributed by atoms with van der Waals surface area (Å²) in [7, 11) is 0. The van der Waals surface area contributed by atoms with Gasteiger partial charge in [0.2, 0.25) is 0 Å². The molecule has 140 valence electrons. The Kier molecular flexibility index (Phi) is 5.67. The van der Waals surface area contributed by atoms with Gasteiger partial charge in [0.05, 0.1) is 10.6 Å². The van der Waals surface area contributed by atoms with E-state index < -0.39 is 11.0 Å². The van der Waals surface area contributed by atoms with E-state index >= 15 is 0 Å². The summed E-state index contributed by atoms with van der Waals surface area (Å²) in [6.07, 6.45) is -0.849. The van der Waals surface area contributed by atoms with Crippen LogP contribution in [0.15, 0.2) is 72.8 Å². The van der Waals surface area contributed by atoms with Crippen molar-refractivity contribution in [3.63, 3.8) is 0 Å². The molecule has 0 atom stereocenters. The Morgan fingerprint density at radius 1 is 0.964 bits per heavy atom. The average molecular weight is 397 g/mol. The second-order valence-corrected chi connectivity index (χ2v) is 6.09. The minimum absolute atomic E-state index is 0.119. The number of nitrogens with one attached hydrogen (secondary N) is 1. The molecule has 3 aromatic carbocycles. The molecule has 28 heavy (non-hydrogen) atoms. The maximum absolute atomic E-state index is 12.7. The highest BCUT2D eigenvalue weighted by atomic mass is 35.5. The van der Waals surface area contributed by atoms with Gasteiger partial charge >= 0.3 is 6.09 Å². The van der Waals surface area contributed by atoms with Crippen molar-refractivity contribution in [3.05, 3.63) is 99.1 Å². The summed E-state index contributed by atoms with van der Waals surface area (Å²) in [6, 6.07) is 18.1. The molecule has 1 amide bonds. The van der Waals surface area contributed by atoms with E-state index in [0.29, 0.717) is 10.6 Å². The Hall–Kier alpha value is -3.71. The van der Waals surface area contributed by atoms with Gasteiger partial charge in [0.25, 0.3) is 5.69 Å². The van der Waals surface area contributed by atoms with Crippen LogP contribution in [0.4, 0.5) is 16.2 Å². The van der Waals surface area contributed by atoms with E-state index in [1.807, 2.05) is 0 Å². The number of carbonyl (C=O) groups is 2. The van der Waals surface area contributed by atoms with E-state index in [1.54, 1.807) is 30.3 Å². The van der Waals surface area contributed by atoms with Crippen molar-refractivity contribution in [2.75, 3.05) is 5.32 Å². The summed E-state index contributed by atoms with van der Waals surface area (Å²) in [5.41, 5.74) is 0.752. The lowest BCUT2D eigenvalue weighted by molar-refractivity contribution is -0.384. The molecule has 0 bridgehead atoms. The fourth-order valence-electron chi connectivity index (χ4n) is 2.44. The minimum atomic E-state index is -0.849. The lowest BCUT2D eigenvalue weighted by Crippen LogP contribution is -2.19. The number of halogens is 1. The standard InChI is InChI=1S/C20H13ClN2O5/c21-14-6-11-18(17(12-14)19(24)13-4-2-1-3-5-13)22-20(25)28-16-9-7-15(8-10-16)23(26)27/h1-12H,(H,22,25). The molecule has 0 spiro atoms. The molecular formula is C20H13ClN2O5. The van der Waals surface area contributed by atoms with Crippen molar-refractivity contribution in [1.29, 1.82) is 0 Å². The molecule has 7 nitrogen and oxygen atoms in total. The van der Waals surface area contributed by atoms with Gasteiger partial charge < -0.3 is 4.74 Å². The Bertz CT molecular complexity index is 1040. The fourth-order valence-corrected chi connectivity index (χ4v) is 2.61. The van der Waals surface area contributed by atoms with Crippen LogP contribution in [0.1, 0.15) is 15.9 Å². The van der Waals surface area contributed by atoms with Gasteiger partial charge in [-0.05, 0) is 30.3 Å². The molecule has 0 aliphatic rings. The Balaban J connectivity index is 1.79. The molecule has 0 saturated carbocycles. The number of amides is 1. The minimum Gasteiger partial charge on any atom is -0.410 e. The summed E-state index contributed by atoms with van der Waals surface area (Å²) in [4.78, 5) is 35.0. The molecule has 0 aliphatic carbocycles. The van der Waals surface area contributed by atoms with Crippen LogP contribution in [0.3, 0.4) is 0 Å². The maximum Gasteiger partial charge on any atom is 0.417 e. The van der Waals surface area contributed by atoms with Gasteiger partial charge in [-0.2, -0.15) is 0 Å². The summed E-state index contributed by atoms with van der Waals surface area (Å²) in [5, 5.41) is 13.5. The van der Waals surface area contributed by atoms with E-state index in [-0.39, 0.29) is 28.5 Å². The molecule has 3 aromatic rings. The summed E-state index contributed by atoms with van der Waals surface area (Å²) >= 11 is 6.00. The van der Waals surface area contributed by atoms with Crippen molar-refractivity contribution in [1.82, 2.24) is 0 Å². The number of hydrogen-bond acceptors (Lipinski definition) is 5. The quantitative estimate of drug-likeness (QED) is 0.368. The first-order valence-corrected chi connectivity index (χ1v) is 8.44. The highest BCUT2D eigenvalue weighted by molar-refractivity contribution is 6.31. The first kappa shape index (κ1) is 19.1. The SMILES string of the molecule is O=C(Nc1ccc(Cl)cc1C(=O)c1ccccc1)Oc1ccc([N+](=O)[O-])cc1. The zero-order valence-electron chi connectivity index (χ0n) is 14.3. The zero-order chi connectivity index (χ0) is 20.1. The number of anilines is 1. The van der Waals surface area contributed by atoms with Crippen LogP contribution >= 0.6 is 11.6 Å². The fraction of sp³-hybridized carbons (Fsp3) is 0. The van der Waals surface area contributed by atoms with Gasteiger partial charge in [-0.25, -0.2) is 4.79 Å². The molecule has 0 heterocycles. The number of ether oxygens (including phenoxy) is 1. The molecular weight excluding hydrogens is 384 g/mol. The van der Waals surface area contributed by atoms with Crippen LogP contribution < -0.4 is 10.1 Å². The summed E-state index contributed by atoms with van der Waals surface area (Å²) in [6.45, 7) is 0. The van der Waals surface area contributed by atoms with Gasteiger partial charge in [-0.1, -0.05) is 41.9 Å². The number of non-ortho nitro benzene ring substituents is 1. The smallest absolute Gasteiger partial charge is 0.410 e. The molecule has 0 aromatic heterocycles. The number of rotatable bonds is 5. The first-order chi connectivity index (χ1) is 13.4. The van der Waals surface area contributed by atoms with Crippen molar-refractivity contribution >= 4 is 34.9 Å². The zero-order valence-corrected chi connectivity index (χ0v) is 15.1. The summed E-state index contributed by atoms with van der Waals surface area (Å²) in [5.74, 6) is -0.193. The van der Waals surface area contributed by atoms with Crippen LogP contribution in [0, 0.1) is 10.1 Å². The normalized spacial score (nSPS) is 10.2. The largest absolute Gasteiger partial charge is 0.417 e. The van der Waals surface area contributed by atoms with Crippen molar-refractivity contribution in [2.24, 2.45) is 0 Å². The monoisotopic (exact) mass is 396 g/mol. The number of carbonyl (C=O) groups excluding carboxylic acids is 2. The second kappa shape index (κ2) is 8.32. The molecule has 1 N–H and O–H groups in total. The van der Waals surface area contributed by atoms with E-state index in [4.69, 9.17) is 16.3 Å². The topological polar surface area (TPSA) is 98.5 Å². The molecule has 0 unspecified atom stereocenters. The second-order valence-electron chi connectivity index (χ2n) is 5.65. The molecule has 0 radical (unpaired) electrons. The predicted molar refractivity (Wildman–Crippen MR) is 104 cm³/mol. The number of hydrogen-bond donors (Lipinski definition) is 1. The number of benzene rings is 3. The van der Waals surface area contributed by atoms with Gasteiger partial charge in [0.1, 0.15) is 5.75 Å². The third kappa shape index (κ3) is 4.52. The number of ketones is 1. The molecule has 8 heteroatoms. The van der Waals surface area contributed by atoms with E-state index in [0.717, 1.165) is 0 Å². The van der Waals surface area contributed by atoms with Gasteiger partial charge in [-0.15, -0.1) is 0 Å². The lowest BCUT2D eigenvalue weighted by Gasteiger charge is -2.11. The van der Waals surface area contributed by atoms with Crippen LogP contribution in [-0.4, -0.2) is 16.8 Å². The first-order valence-electron chi connectivity index (χ1n) is 8.06. The van der Waals surface area contributed by atoms with Crippen LogP contribution in [0.2, 0.25) is 5.02 Å². The van der Waals surface area contributed by atoms with Crippen molar-refractivity contribution in [2.45, 2.75) is 0 Å². The van der Waals surface area contributed by atoms with Gasteiger partial charge in [0, 0.05) is 28.3 Å². The van der Waals surface area contributed by atoms with Crippen LogP contribution in [0.5, 0.6) is 5.75 Å². The molecule has 0 aliphatic heterocycles. The molecule has 3 rings (SSSR count). The Labute approximate surface area is 164 Å². The molecule has 0 fully saturated rings.